The summed E-state index contributed by atoms with van der Waals surface area (Å²) >= 11 is 6.85. The van der Waals surface area contributed by atoms with E-state index in [4.69, 9.17) is 9.47 Å². The number of ether oxygens (including phenoxy) is 2. The Kier molecular flexibility index (Phi) is 8.22. The predicted molar refractivity (Wildman–Crippen MR) is 144 cm³/mol. The normalized spacial score (nSPS) is 14.7. The van der Waals surface area contributed by atoms with Crippen molar-refractivity contribution >= 4 is 61.5 Å². The average Bonchev–Trinajstić information content (AvgIpc) is 2.86. The number of amides is 4. The number of halogens is 2. The van der Waals surface area contributed by atoms with Crippen molar-refractivity contribution in [3.05, 3.63) is 92.4 Å². The standard InChI is InChI=1S/C27H22Br2N2O5/c1-2-13-35-24-12-5-18(15-23(24)29)14-22-25(32)30-27(34)31(26(22)33)20-8-10-21(11-9-20)36-16-17-3-6-19(28)7-4-17/h3-12,14-15H,2,13,16H2,1H3,(H,30,32,34)/b22-14+. The number of benzene rings is 3. The highest BCUT2D eigenvalue weighted by Crippen LogP contribution is 2.29. The molecule has 0 aromatic heterocycles. The van der Waals surface area contributed by atoms with Gasteiger partial charge in [0.05, 0.1) is 16.8 Å². The lowest BCUT2D eigenvalue weighted by Gasteiger charge is -2.26. The van der Waals surface area contributed by atoms with Crippen molar-refractivity contribution in [2.75, 3.05) is 11.5 Å². The van der Waals surface area contributed by atoms with Gasteiger partial charge in [0, 0.05) is 4.47 Å². The van der Waals surface area contributed by atoms with Gasteiger partial charge < -0.3 is 9.47 Å². The second kappa shape index (κ2) is 11.5. The Morgan fingerprint density at radius 3 is 2.31 bits per heavy atom. The molecule has 7 nitrogen and oxygen atoms in total. The number of anilines is 1. The van der Waals surface area contributed by atoms with Gasteiger partial charge >= 0.3 is 6.03 Å². The van der Waals surface area contributed by atoms with E-state index in [1.54, 1.807) is 42.5 Å². The van der Waals surface area contributed by atoms with E-state index in [1.807, 2.05) is 31.2 Å². The van der Waals surface area contributed by atoms with Gasteiger partial charge in [-0.2, -0.15) is 0 Å². The molecule has 0 unspecified atom stereocenters. The number of nitrogens with zero attached hydrogens (tertiary/aromatic N) is 1. The maximum atomic E-state index is 13.2. The predicted octanol–water partition coefficient (Wildman–Crippen LogP) is 6.25. The van der Waals surface area contributed by atoms with Gasteiger partial charge in [0.15, 0.2) is 0 Å². The number of hydrogen-bond acceptors (Lipinski definition) is 5. The van der Waals surface area contributed by atoms with Crippen LogP contribution in [0, 0.1) is 0 Å². The van der Waals surface area contributed by atoms with Gasteiger partial charge in [-0.05, 0) is 88.1 Å². The first-order valence-corrected chi connectivity index (χ1v) is 12.8. The first kappa shape index (κ1) is 25.7. The number of nitrogens with one attached hydrogen (secondary N) is 1. The van der Waals surface area contributed by atoms with Gasteiger partial charge in [-0.1, -0.05) is 41.1 Å². The summed E-state index contributed by atoms with van der Waals surface area (Å²) < 4.78 is 13.1. The lowest BCUT2D eigenvalue weighted by molar-refractivity contribution is -0.122. The van der Waals surface area contributed by atoms with E-state index in [-0.39, 0.29) is 5.57 Å². The van der Waals surface area contributed by atoms with E-state index < -0.39 is 17.8 Å². The molecule has 0 radical (unpaired) electrons. The molecular formula is C27H22Br2N2O5. The van der Waals surface area contributed by atoms with Crippen molar-refractivity contribution in [2.24, 2.45) is 0 Å². The van der Waals surface area contributed by atoms with Crippen LogP contribution in [0.4, 0.5) is 10.5 Å². The summed E-state index contributed by atoms with van der Waals surface area (Å²) in [6.45, 7) is 2.96. The minimum Gasteiger partial charge on any atom is -0.492 e. The molecule has 3 aromatic rings. The third-order valence-electron chi connectivity index (χ3n) is 5.24. The topological polar surface area (TPSA) is 84.9 Å². The summed E-state index contributed by atoms with van der Waals surface area (Å²) in [6.07, 6.45) is 2.32. The number of urea groups is 1. The molecule has 9 heteroatoms. The van der Waals surface area contributed by atoms with E-state index in [0.29, 0.717) is 40.4 Å². The molecule has 4 rings (SSSR count). The zero-order valence-corrected chi connectivity index (χ0v) is 22.5. The number of hydrogen-bond donors (Lipinski definition) is 1. The Labute approximate surface area is 225 Å². The number of rotatable bonds is 8. The van der Waals surface area contributed by atoms with Crippen molar-refractivity contribution in [3.8, 4) is 11.5 Å². The molecule has 1 heterocycles. The summed E-state index contributed by atoms with van der Waals surface area (Å²) in [5.74, 6) is -0.223. The summed E-state index contributed by atoms with van der Waals surface area (Å²) in [5, 5.41) is 2.24. The molecule has 0 aliphatic carbocycles. The fraction of sp³-hybridized carbons (Fsp3) is 0.148. The van der Waals surface area contributed by atoms with Crippen LogP contribution in [0.25, 0.3) is 6.08 Å². The van der Waals surface area contributed by atoms with E-state index >= 15 is 0 Å². The molecule has 1 saturated heterocycles. The Hall–Kier alpha value is -3.43. The Bertz CT molecular complexity index is 1320. The van der Waals surface area contributed by atoms with Crippen LogP contribution < -0.4 is 19.7 Å². The van der Waals surface area contributed by atoms with E-state index in [2.05, 4.69) is 37.2 Å². The van der Waals surface area contributed by atoms with Crippen LogP contribution in [0.15, 0.2) is 81.2 Å². The largest absolute Gasteiger partial charge is 0.492 e. The van der Waals surface area contributed by atoms with E-state index in [0.717, 1.165) is 21.4 Å². The van der Waals surface area contributed by atoms with Crippen LogP contribution in [0.3, 0.4) is 0 Å². The number of imide groups is 2. The lowest BCUT2D eigenvalue weighted by atomic mass is 10.1. The third-order valence-corrected chi connectivity index (χ3v) is 6.39. The van der Waals surface area contributed by atoms with Crippen molar-refractivity contribution in [1.82, 2.24) is 5.32 Å². The van der Waals surface area contributed by atoms with Crippen molar-refractivity contribution in [1.29, 1.82) is 0 Å². The second-order valence-electron chi connectivity index (χ2n) is 7.91. The quantitative estimate of drug-likeness (QED) is 0.240. The molecule has 4 amide bonds. The number of carbonyl (C=O) groups excluding carboxylic acids is 3. The van der Waals surface area contributed by atoms with Crippen LogP contribution in [0.5, 0.6) is 11.5 Å². The van der Waals surface area contributed by atoms with Crippen LogP contribution in [0.1, 0.15) is 24.5 Å². The van der Waals surface area contributed by atoms with Gasteiger partial charge in [-0.3, -0.25) is 14.9 Å². The molecule has 1 N–H and O–H groups in total. The molecule has 1 aliphatic heterocycles. The van der Waals surface area contributed by atoms with Crippen LogP contribution in [-0.4, -0.2) is 24.5 Å². The summed E-state index contributed by atoms with van der Waals surface area (Å²) in [7, 11) is 0. The molecule has 0 saturated carbocycles. The van der Waals surface area contributed by atoms with Gasteiger partial charge in [0.1, 0.15) is 23.7 Å². The molecule has 1 aliphatic rings. The van der Waals surface area contributed by atoms with Crippen LogP contribution >= 0.6 is 31.9 Å². The van der Waals surface area contributed by atoms with Gasteiger partial charge in [0.25, 0.3) is 11.8 Å². The molecule has 36 heavy (non-hydrogen) atoms. The van der Waals surface area contributed by atoms with E-state index in [1.165, 1.54) is 6.08 Å². The zero-order valence-electron chi connectivity index (χ0n) is 19.3. The molecule has 1 fully saturated rings. The Morgan fingerprint density at radius 2 is 1.64 bits per heavy atom. The molecule has 0 spiro atoms. The number of barbiturate groups is 1. The maximum absolute atomic E-state index is 13.2. The third kappa shape index (κ3) is 6.03. The summed E-state index contributed by atoms with van der Waals surface area (Å²) in [4.78, 5) is 39.1. The first-order valence-electron chi connectivity index (χ1n) is 11.2. The Balaban J connectivity index is 1.50. The lowest BCUT2D eigenvalue weighted by Crippen LogP contribution is -2.54. The molecular weight excluding hydrogens is 592 g/mol. The Morgan fingerprint density at radius 1 is 0.917 bits per heavy atom. The fourth-order valence-electron chi connectivity index (χ4n) is 3.43. The van der Waals surface area contributed by atoms with Crippen molar-refractivity contribution in [3.63, 3.8) is 0 Å². The minimum absolute atomic E-state index is 0.153. The first-order chi connectivity index (χ1) is 17.4. The molecule has 184 valence electrons. The molecule has 0 bridgehead atoms. The van der Waals surface area contributed by atoms with Crippen molar-refractivity contribution in [2.45, 2.75) is 20.0 Å². The SMILES string of the molecule is CCCOc1ccc(/C=C2\C(=O)NC(=O)N(c3ccc(OCc4ccc(Br)cc4)cc3)C2=O)cc1Br. The van der Waals surface area contributed by atoms with Crippen molar-refractivity contribution < 1.29 is 23.9 Å². The maximum Gasteiger partial charge on any atom is 0.335 e. The van der Waals surface area contributed by atoms with Crippen LogP contribution in [0.2, 0.25) is 0 Å². The fourth-order valence-corrected chi connectivity index (χ4v) is 4.21. The highest BCUT2D eigenvalue weighted by molar-refractivity contribution is 9.10. The van der Waals surface area contributed by atoms with Gasteiger partial charge in [-0.25, -0.2) is 9.69 Å². The summed E-state index contributed by atoms with van der Waals surface area (Å²) in [6, 6.07) is 18.7. The van der Waals surface area contributed by atoms with Gasteiger partial charge in [-0.15, -0.1) is 0 Å². The van der Waals surface area contributed by atoms with Crippen LogP contribution in [-0.2, 0) is 16.2 Å². The van der Waals surface area contributed by atoms with Gasteiger partial charge in [0.2, 0.25) is 0 Å². The summed E-state index contributed by atoms with van der Waals surface area (Å²) in [5.41, 5.74) is 1.77. The molecule has 0 atom stereocenters. The monoisotopic (exact) mass is 612 g/mol. The minimum atomic E-state index is -0.810. The van der Waals surface area contributed by atoms with E-state index in [9.17, 15) is 14.4 Å². The molecule has 3 aromatic carbocycles. The zero-order chi connectivity index (χ0) is 25.7. The second-order valence-corrected chi connectivity index (χ2v) is 9.68. The highest BCUT2D eigenvalue weighted by atomic mass is 79.9. The number of carbonyl (C=O) groups is 3. The smallest absolute Gasteiger partial charge is 0.335 e. The highest BCUT2D eigenvalue weighted by Gasteiger charge is 2.36. The average molecular weight is 614 g/mol.